The summed E-state index contributed by atoms with van der Waals surface area (Å²) in [5.74, 6) is -2.01. The van der Waals surface area contributed by atoms with Gasteiger partial charge in [0.15, 0.2) is 0 Å². The van der Waals surface area contributed by atoms with Crippen LogP contribution in [0.1, 0.15) is 40.0 Å². The van der Waals surface area contributed by atoms with Gasteiger partial charge in [-0.3, -0.25) is 19.4 Å². The smallest absolute Gasteiger partial charge is 0.322 e. The molecule has 14 heteroatoms. The van der Waals surface area contributed by atoms with E-state index in [9.17, 15) is 26.8 Å². The minimum atomic E-state index is -3.36. The highest BCUT2D eigenvalue weighted by molar-refractivity contribution is 7.92. The molecule has 3 amide bonds. The lowest BCUT2D eigenvalue weighted by molar-refractivity contribution is 0.0996. The number of halogens is 2. The number of hydrogen-bond donors (Lipinski definition) is 3. The number of anilines is 2. The van der Waals surface area contributed by atoms with Crippen molar-refractivity contribution in [2.24, 2.45) is 5.73 Å². The lowest BCUT2D eigenvalue weighted by Gasteiger charge is -2.38. The van der Waals surface area contributed by atoms with E-state index in [1.165, 1.54) is 0 Å². The summed E-state index contributed by atoms with van der Waals surface area (Å²) in [6.45, 7) is 4.14. The highest BCUT2D eigenvalue weighted by Crippen LogP contribution is 2.27. The second kappa shape index (κ2) is 14.8. The third-order valence-electron chi connectivity index (χ3n) is 7.98. The molecule has 1 aliphatic heterocycles. The molecule has 4 N–H and O–H groups in total. The maximum Gasteiger partial charge on any atom is 0.322 e. The normalized spacial score (nSPS) is 13.9. The number of urea groups is 1. The fraction of sp³-hybridized carbons (Fsp3) is 0.265. The van der Waals surface area contributed by atoms with Crippen LogP contribution < -0.4 is 20.5 Å². The molecule has 5 rings (SSSR count). The van der Waals surface area contributed by atoms with Crippen LogP contribution in [-0.2, 0) is 23.1 Å². The van der Waals surface area contributed by atoms with Gasteiger partial charge in [-0.05, 0) is 79.4 Å². The number of likely N-dealkylation sites (tertiary alicyclic amines) is 1. The minimum Gasteiger partial charge on any atom is -0.457 e. The van der Waals surface area contributed by atoms with Crippen LogP contribution in [0.2, 0.25) is 0 Å². The number of rotatable bonds is 11. The summed E-state index contributed by atoms with van der Waals surface area (Å²) < 4.78 is 59.8. The zero-order valence-electron chi connectivity index (χ0n) is 26.4. The molecule has 0 saturated carbocycles. The van der Waals surface area contributed by atoms with Gasteiger partial charge in [0.2, 0.25) is 10.0 Å². The van der Waals surface area contributed by atoms with Crippen LogP contribution in [0, 0.1) is 18.6 Å². The molecule has 1 fully saturated rings. The monoisotopic (exact) mass is 678 g/mol. The molecule has 0 spiro atoms. The summed E-state index contributed by atoms with van der Waals surface area (Å²) in [7, 11) is -3.36. The van der Waals surface area contributed by atoms with Crippen molar-refractivity contribution >= 4 is 33.3 Å². The van der Waals surface area contributed by atoms with Crippen molar-refractivity contribution in [2.75, 3.05) is 29.4 Å². The van der Waals surface area contributed by atoms with Crippen LogP contribution in [-0.4, -0.2) is 60.5 Å². The molecule has 252 valence electrons. The van der Waals surface area contributed by atoms with Gasteiger partial charge in [-0.2, -0.15) is 0 Å². The van der Waals surface area contributed by atoms with Crippen molar-refractivity contribution < 1.29 is 31.5 Å². The number of nitrogens with one attached hydrogen (secondary N) is 2. The molecule has 0 unspecified atom stereocenters. The lowest BCUT2D eigenvalue weighted by atomic mass is 10.0. The summed E-state index contributed by atoms with van der Waals surface area (Å²) >= 11 is 0. The number of aromatic nitrogens is 1. The number of amides is 3. The van der Waals surface area contributed by atoms with Crippen molar-refractivity contribution in [3.8, 4) is 11.5 Å². The SMILES string of the molecule is Cc1cccnc1CN(C(=O)Nc1cc(C(N)=O)c(F)cc1F)C1CCN(Cc2ccc(Oc3ccc(NS(C)(=O)=O)cc3)cc2)CC1. The molecule has 48 heavy (non-hydrogen) atoms. The van der Waals surface area contributed by atoms with E-state index in [0.717, 1.165) is 23.4 Å². The van der Waals surface area contributed by atoms with Crippen molar-refractivity contribution in [1.82, 2.24) is 14.8 Å². The first-order valence-electron chi connectivity index (χ1n) is 15.2. The molecular formula is C34H36F2N6O5S. The van der Waals surface area contributed by atoms with Crippen molar-refractivity contribution in [1.29, 1.82) is 0 Å². The number of primary amides is 1. The summed E-state index contributed by atoms with van der Waals surface area (Å²) in [5.41, 5.74) is 7.46. The van der Waals surface area contributed by atoms with Crippen LogP contribution in [0.3, 0.4) is 0 Å². The number of nitrogens with zero attached hydrogens (tertiary/aromatic N) is 3. The zero-order valence-corrected chi connectivity index (χ0v) is 27.3. The predicted molar refractivity (Wildman–Crippen MR) is 178 cm³/mol. The topological polar surface area (TPSA) is 147 Å². The van der Waals surface area contributed by atoms with Crippen LogP contribution >= 0.6 is 0 Å². The molecule has 0 bridgehead atoms. The quantitative estimate of drug-likeness (QED) is 0.186. The Morgan fingerprint density at radius 1 is 1.00 bits per heavy atom. The molecule has 1 aliphatic rings. The average Bonchev–Trinajstić information content (AvgIpc) is 3.03. The number of aryl methyl sites for hydroxylation is 1. The first kappa shape index (κ1) is 34.3. The second-order valence-corrected chi connectivity index (χ2v) is 13.4. The van der Waals surface area contributed by atoms with Crippen molar-refractivity contribution in [3.05, 3.63) is 113 Å². The third kappa shape index (κ3) is 9.04. The molecular weight excluding hydrogens is 642 g/mol. The Labute approximate surface area is 277 Å². The number of carbonyl (C=O) groups is 2. The van der Waals surface area contributed by atoms with E-state index in [1.54, 1.807) is 41.4 Å². The van der Waals surface area contributed by atoms with E-state index in [-0.39, 0.29) is 18.3 Å². The van der Waals surface area contributed by atoms with E-state index in [4.69, 9.17) is 10.5 Å². The molecule has 0 radical (unpaired) electrons. The lowest BCUT2D eigenvalue weighted by Crippen LogP contribution is -2.48. The number of nitrogens with two attached hydrogens (primary N) is 1. The molecule has 0 atom stereocenters. The highest BCUT2D eigenvalue weighted by atomic mass is 32.2. The maximum atomic E-state index is 14.6. The van der Waals surface area contributed by atoms with Gasteiger partial charge in [-0.15, -0.1) is 0 Å². The zero-order chi connectivity index (χ0) is 34.4. The average molecular weight is 679 g/mol. The Morgan fingerprint density at radius 2 is 1.65 bits per heavy atom. The number of ether oxygens (including phenoxy) is 1. The van der Waals surface area contributed by atoms with Crippen LogP contribution in [0.25, 0.3) is 0 Å². The summed E-state index contributed by atoms with van der Waals surface area (Å²) in [5, 5.41) is 2.51. The number of sulfonamides is 1. The van der Waals surface area contributed by atoms with E-state index in [0.29, 0.717) is 61.4 Å². The molecule has 11 nitrogen and oxygen atoms in total. The molecule has 1 saturated heterocycles. The first-order valence-corrected chi connectivity index (χ1v) is 17.1. The van der Waals surface area contributed by atoms with E-state index < -0.39 is 39.2 Å². The number of pyridine rings is 1. The molecule has 2 heterocycles. The van der Waals surface area contributed by atoms with Crippen LogP contribution in [0.15, 0.2) is 79.0 Å². The maximum absolute atomic E-state index is 14.6. The largest absolute Gasteiger partial charge is 0.457 e. The summed E-state index contributed by atoms with van der Waals surface area (Å²) in [6.07, 6.45) is 4.02. The number of piperidine rings is 1. The van der Waals surface area contributed by atoms with E-state index in [1.807, 2.05) is 37.3 Å². The highest BCUT2D eigenvalue weighted by Gasteiger charge is 2.30. The van der Waals surface area contributed by atoms with Gasteiger partial charge in [0.05, 0.1) is 29.7 Å². The van der Waals surface area contributed by atoms with Gasteiger partial charge in [-0.1, -0.05) is 18.2 Å². The van der Waals surface area contributed by atoms with Gasteiger partial charge in [0, 0.05) is 43.6 Å². The van der Waals surface area contributed by atoms with Crippen LogP contribution in [0.4, 0.5) is 25.0 Å². The van der Waals surface area contributed by atoms with Gasteiger partial charge in [-0.25, -0.2) is 22.0 Å². The Kier molecular flexibility index (Phi) is 10.5. The van der Waals surface area contributed by atoms with E-state index >= 15 is 0 Å². The number of benzene rings is 3. The molecule has 4 aromatic rings. The molecule has 3 aromatic carbocycles. The van der Waals surface area contributed by atoms with Gasteiger partial charge in [0.25, 0.3) is 5.91 Å². The van der Waals surface area contributed by atoms with Gasteiger partial charge >= 0.3 is 6.03 Å². The van der Waals surface area contributed by atoms with Crippen LogP contribution in [0.5, 0.6) is 11.5 Å². The Bertz CT molecular complexity index is 1880. The fourth-order valence-electron chi connectivity index (χ4n) is 5.48. The van der Waals surface area contributed by atoms with Gasteiger partial charge in [0.1, 0.15) is 23.1 Å². The second-order valence-electron chi connectivity index (χ2n) is 11.7. The number of hydrogen-bond acceptors (Lipinski definition) is 7. The number of carbonyl (C=O) groups excluding carboxylic acids is 2. The standard InChI is InChI=1S/C34H36F2N6O5S/c1-22-4-3-15-38-32(22)21-42(34(44)39-31-18-28(33(37)43)29(35)19-30(31)36)25-13-16-41(17-14-25)20-23-5-9-26(10-6-23)47-27-11-7-24(8-12-27)40-48(2,45)46/h3-12,15,18-19,25,40H,13-14,16-17,20-21H2,1-2H3,(H2,37,43)(H,39,44). The molecule has 0 aliphatic carbocycles. The van der Waals surface area contributed by atoms with Gasteiger partial charge < -0.3 is 20.7 Å². The Hall–Kier alpha value is -5.08. The first-order chi connectivity index (χ1) is 22.8. The summed E-state index contributed by atoms with van der Waals surface area (Å²) in [4.78, 5) is 33.6. The van der Waals surface area contributed by atoms with E-state index in [2.05, 4.69) is 19.9 Å². The molecule has 1 aromatic heterocycles. The minimum absolute atomic E-state index is 0.174. The third-order valence-corrected chi connectivity index (χ3v) is 8.59. The Balaban J connectivity index is 1.21. The van der Waals surface area contributed by atoms with Crippen molar-refractivity contribution in [2.45, 2.75) is 38.9 Å². The Morgan fingerprint density at radius 3 is 2.25 bits per heavy atom. The summed E-state index contributed by atoms with van der Waals surface area (Å²) in [6, 6.07) is 18.6. The predicted octanol–water partition coefficient (Wildman–Crippen LogP) is 5.63. The fourth-order valence-corrected chi connectivity index (χ4v) is 6.05. The van der Waals surface area contributed by atoms with Crippen molar-refractivity contribution in [3.63, 3.8) is 0 Å².